The quantitative estimate of drug-likeness (QED) is 0.720. The van der Waals surface area contributed by atoms with Gasteiger partial charge in [0.15, 0.2) is 5.60 Å². The van der Waals surface area contributed by atoms with Crippen LogP contribution in [0.5, 0.6) is 5.75 Å². The molecule has 0 fully saturated rings. The van der Waals surface area contributed by atoms with Crippen LogP contribution in [0.15, 0.2) is 18.2 Å². The number of aliphatic carboxylic acids is 1. The van der Waals surface area contributed by atoms with Gasteiger partial charge in [0.05, 0.1) is 13.7 Å². The minimum atomic E-state index is -1.78. The number of ether oxygens (including phenoxy) is 1. The van der Waals surface area contributed by atoms with E-state index in [0.717, 1.165) is 17.0 Å². The molecule has 17 heavy (non-hydrogen) atoms. The fourth-order valence-corrected chi connectivity index (χ4v) is 1.34. The van der Waals surface area contributed by atoms with Gasteiger partial charge in [-0.3, -0.25) is 0 Å². The van der Waals surface area contributed by atoms with E-state index < -0.39 is 11.6 Å². The van der Waals surface area contributed by atoms with Gasteiger partial charge in [-0.2, -0.15) is 0 Å². The van der Waals surface area contributed by atoms with Crippen LogP contribution in [0.3, 0.4) is 0 Å². The topological polar surface area (TPSA) is 78.8 Å². The van der Waals surface area contributed by atoms with Crippen molar-refractivity contribution in [2.75, 3.05) is 19.0 Å². The molecule has 0 aliphatic rings. The molecule has 1 atom stereocenters. The highest BCUT2D eigenvalue weighted by Gasteiger charge is 2.29. The van der Waals surface area contributed by atoms with Crippen LogP contribution in [-0.4, -0.2) is 35.4 Å². The third kappa shape index (κ3) is 3.35. The lowest BCUT2D eigenvalue weighted by Gasteiger charge is -2.19. The van der Waals surface area contributed by atoms with E-state index >= 15 is 0 Å². The zero-order valence-electron chi connectivity index (χ0n) is 10.2. The van der Waals surface area contributed by atoms with Crippen LogP contribution in [0, 0.1) is 6.92 Å². The van der Waals surface area contributed by atoms with E-state index in [9.17, 15) is 9.90 Å². The molecule has 94 valence electrons. The first kappa shape index (κ1) is 13.3. The predicted octanol–water partition coefficient (Wildman–Crippen LogP) is 1.25. The Morgan fingerprint density at radius 1 is 1.53 bits per heavy atom. The number of carbonyl (C=O) groups is 1. The van der Waals surface area contributed by atoms with Crippen LogP contribution >= 0.6 is 0 Å². The number of aryl methyl sites for hydroxylation is 1. The normalized spacial score (nSPS) is 13.9. The molecule has 0 spiro atoms. The average Bonchev–Trinajstić information content (AvgIpc) is 2.26. The van der Waals surface area contributed by atoms with Gasteiger partial charge in [-0.05, 0) is 37.6 Å². The summed E-state index contributed by atoms with van der Waals surface area (Å²) >= 11 is 0. The summed E-state index contributed by atoms with van der Waals surface area (Å²) in [7, 11) is 1.59. The largest absolute Gasteiger partial charge is 0.496 e. The monoisotopic (exact) mass is 239 g/mol. The summed E-state index contributed by atoms with van der Waals surface area (Å²) in [6, 6.07) is 5.38. The van der Waals surface area contributed by atoms with Crippen molar-refractivity contribution in [3.63, 3.8) is 0 Å². The van der Waals surface area contributed by atoms with Crippen molar-refractivity contribution in [1.29, 1.82) is 0 Å². The van der Waals surface area contributed by atoms with Crippen molar-refractivity contribution in [3.8, 4) is 5.75 Å². The first-order chi connectivity index (χ1) is 7.86. The van der Waals surface area contributed by atoms with Crippen molar-refractivity contribution in [1.82, 2.24) is 0 Å². The Morgan fingerprint density at radius 3 is 2.65 bits per heavy atom. The van der Waals surface area contributed by atoms with Crippen LogP contribution in [0.1, 0.15) is 12.5 Å². The Hall–Kier alpha value is -1.75. The molecule has 0 saturated heterocycles. The molecule has 5 nitrogen and oxygen atoms in total. The molecule has 0 saturated carbocycles. The lowest BCUT2D eigenvalue weighted by atomic mass is 10.1. The van der Waals surface area contributed by atoms with Gasteiger partial charge in [0.1, 0.15) is 5.75 Å². The van der Waals surface area contributed by atoms with E-state index in [1.807, 2.05) is 13.0 Å². The molecule has 0 heterocycles. The Bertz CT molecular complexity index is 415. The minimum absolute atomic E-state index is 0.0614. The van der Waals surface area contributed by atoms with Crippen LogP contribution in [-0.2, 0) is 4.79 Å². The second kappa shape index (κ2) is 5.05. The van der Waals surface area contributed by atoms with Crippen molar-refractivity contribution in [2.45, 2.75) is 19.4 Å². The van der Waals surface area contributed by atoms with Crippen molar-refractivity contribution < 1.29 is 19.7 Å². The average molecular weight is 239 g/mol. The standard InChI is InChI=1S/C12H17NO4/c1-8-6-9(4-5-10(8)17-3)13-7-12(2,16)11(14)15/h4-6,13,16H,7H2,1-3H3,(H,14,15). The highest BCUT2D eigenvalue weighted by Crippen LogP contribution is 2.21. The van der Waals surface area contributed by atoms with Gasteiger partial charge >= 0.3 is 5.97 Å². The Kier molecular flexibility index (Phi) is 3.96. The molecule has 1 unspecified atom stereocenters. The maximum atomic E-state index is 10.7. The van der Waals surface area contributed by atoms with Gasteiger partial charge in [0, 0.05) is 5.69 Å². The zero-order chi connectivity index (χ0) is 13.1. The molecule has 0 bridgehead atoms. The molecule has 0 aromatic heterocycles. The molecular formula is C12H17NO4. The van der Waals surface area contributed by atoms with Gasteiger partial charge in [0.25, 0.3) is 0 Å². The van der Waals surface area contributed by atoms with Gasteiger partial charge in [-0.25, -0.2) is 4.79 Å². The molecule has 3 N–H and O–H groups in total. The number of aliphatic hydroxyl groups is 1. The third-order valence-electron chi connectivity index (χ3n) is 2.49. The summed E-state index contributed by atoms with van der Waals surface area (Å²) < 4.78 is 5.11. The van der Waals surface area contributed by atoms with Crippen LogP contribution in [0.25, 0.3) is 0 Å². The van der Waals surface area contributed by atoms with Gasteiger partial charge in [-0.15, -0.1) is 0 Å². The van der Waals surface area contributed by atoms with E-state index in [4.69, 9.17) is 9.84 Å². The Morgan fingerprint density at radius 2 is 2.18 bits per heavy atom. The maximum Gasteiger partial charge on any atom is 0.337 e. The molecule has 1 rings (SSSR count). The van der Waals surface area contributed by atoms with Crippen LogP contribution < -0.4 is 10.1 Å². The summed E-state index contributed by atoms with van der Waals surface area (Å²) in [5.74, 6) is -0.490. The third-order valence-corrected chi connectivity index (χ3v) is 2.49. The van der Waals surface area contributed by atoms with Crippen LogP contribution in [0.2, 0.25) is 0 Å². The lowest BCUT2D eigenvalue weighted by Crippen LogP contribution is -2.41. The first-order valence-corrected chi connectivity index (χ1v) is 5.21. The second-order valence-electron chi connectivity index (χ2n) is 4.12. The molecule has 0 radical (unpaired) electrons. The molecule has 5 heteroatoms. The smallest absolute Gasteiger partial charge is 0.337 e. The van der Waals surface area contributed by atoms with E-state index in [1.54, 1.807) is 19.2 Å². The summed E-state index contributed by atoms with van der Waals surface area (Å²) in [6.07, 6.45) is 0. The van der Waals surface area contributed by atoms with Crippen molar-refractivity contribution >= 4 is 11.7 Å². The fourth-order valence-electron chi connectivity index (χ4n) is 1.34. The fraction of sp³-hybridized carbons (Fsp3) is 0.417. The number of anilines is 1. The molecule has 1 aromatic rings. The van der Waals surface area contributed by atoms with E-state index in [1.165, 1.54) is 6.92 Å². The predicted molar refractivity (Wildman–Crippen MR) is 64.5 cm³/mol. The number of carboxylic acid groups (broad SMARTS) is 1. The summed E-state index contributed by atoms with van der Waals surface area (Å²) in [4.78, 5) is 10.7. The number of rotatable bonds is 5. The highest BCUT2D eigenvalue weighted by molar-refractivity contribution is 5.77. The Balaban J connectivity index is 2.71. The lowest BCUT2D eigenvalue weighted by molar-refractivity contribution is -0.155. The van der Waals surface area contributed by atoms with Crippen molar-refractivity contribution in [2.24, 2.45) is 0 Å². The van der Waals surface area contributed by atoms with Crippen molar-refractivity contribution in [3.05, 3.63) is 23.8 Å². The SMILES string of the molecule is COc1ccc(NCC(C)(O)C(=O)O)cc1C. The molecule has 0 amide bonds. The molecule has 0 aliphatic heterocycles. The van der Waals surface area contributed by atoms with Gasteiger partial charge in [0.2, 0.25) is 0 Å². The molecular weight excluding hydrogens is 222 g/mol. The number of hydrogen-bond acceptors (Lipinski definition) is 4. The minimum Gasteiger partial charge on any atom is -0.496 e. The van der Waals surface area contributed by atoms with Gasteiger partial charge < -0.3 is 20.3 Å². The van der Waals surface area contributed by atoms with E-state index in [-0.39, 0.29) is 6.54 Å². The molecule has 1 aromatic carbocycles. The number of benzene rings is 1. The number of hydrogen-bond donors (Lipinski definition) is 3. The van der Waals surface area contributed by atoms with E-state index in [2.05, 4.69) is 5.32 Å². The number of carboxylic acids is 1. The van der Waals surface area contributed by atoms with Gasteiger partial charge in [-0.1, -0.05) is 0 Å². The number of nitrogens with one attached hydrogen (secondary N) is 1. The summed E-state index contributed by atoms with van der Waals surface area (Å²) in [5.41, 5.74) is -0.106. The Labute approximate surface area is 100 Å². The molecule has 0 aliphatic carbocycles. The second-order valence-corrected chi connectivity index (χ2v) is 4.12. The zero-order valence-corrected chi connectivity index (χ0v) is 10.2. The first-order valence-electron chi connectivity index (χ1n) is 5.21. The van der Waals surface area contributed by atoms with E-state index in [0.29, 0.717) is 0 Å². The van der Waals surface area contributed by atoms with Crippen LogP contribution in [0.4, 0.5) is 5.69 Å². The number of methoxy groups -OCH3 is 1. The highest BCUT2D eigenvalue weighted by atomic mass is 16.5. The summed E-state index contributed by atoms with van der Waals surface area (Å²) in [6.45, 7) is 3.08. The summed E-state index contributed by atoms with van der Waals surface area (Å²) in [5, 5.41) is 21.2. The maximum absolute atomic E-state index is 10.7.